The Labute approximate surface area is 233 Å². The smallest absolute Gasteiger partial charge is 0.252 e. The van der Waals surface area contributed by atoms with Crippen molar-refractivity contribution in [1.29, 1.82) is 0 Å². The molecule has 2 aliphatic rings. The standard InChI is InChI=1S/C30H33N7O3/c1-35-27(9-10-28-31-13-18-40-28)33-30(34-35)37(29(38)23-11-16-39-17-12-23)21-22-7-8-26(32-20-22)24-5-4-6-25(19-24)36-14-2-3-15-36/h4-10,13,18-20,23H,2-3,11-12,14-17,21H2,1H3. The molecule has 206 valence electrons. The first-order chi connectivity index (χ1) is 19.6. The molecule has 0 radical (unpaired) electrons. The largest absolute Gasteiger partial charge is 0.445 e. The Morgan fingerprint density at radius 1 is 1.10 bits per heavy atom. The SMILES string of the molecule is Cn1nc(N(Cc2ccc(-c3cccc(N4CCCC4)c3)nc2)C(=O)C2CCOCC2)nc1C=Cc1ncco1. The molecule has 0 atom stereocenters. The van der Waals surface area contributed by atoms with Crippen molar-refractivity contribution in [2.45, 2.75) is 32.2 Å². The molecular formula is C30H33N7O3. The first-order valence-electron chi connectivity index (χ1n) is 13.8. The maximum atomic E-state index is 13.7. The molecule has 1 aromatic carbocycles. The lowest BCUT2D eigenvalue weighted by atomic mass is 9.98. The number of ether oxygens (including phenoxy) is 1. The van der Waals surface area contributed by atoms with E-state index in [9.17, 15) is 4.79 Å². The van der Waals surface area contributed by atoms with E-state index in [2.05, 4.69) is 44.2 Å². The zero-order chi connectivity index (χ0) is 27.3. The first-order valence-corrected chi connectivity index (χ1v) is 13.8. The number of aryl methyl sites for hydroxylation is 1. The van der Waals surface area contributed by atoms with Crippen LogP contribution in [0.15, 0.2) is 59.5 Å². The zero-order valence-corrected chi connectivity index (χ0v) is 22.6. The number of pyridine rings is 1. The van der Waals surface area contributed by atoms with Gasteiger partial charge in [0.25, 0.3) is 5.95 Å². The van der Waals surface area contributed by atoms with Gasteiger partial charge in [-0.2, -0.15) is 4.98 Å². The average molecular weight is 540 g/mol. The molecule has 1 amide bonds. The van der Waals surface area contributed by atoms with Crippen LogP contribution in [0.3, 0.4) is 0 Å². The van der Waals surface area contributed by atoms with Crippen molar-refractivity contribution >= 4 is 29.7 Å². The van der Waals surface area contributed by atoms with Gasteiger partial charge in [0.15, 0.2) is 5.82 Å². The Kier molecular flexibility index (Phi) is 7.67. The number of amides is 1. The highest BCUT2D eigenvalue weighted by Crippen LogP contribution is 2.27. The second-order valence-corrected chi connectivity index (χ2v) is 10.2. The first kappa shape index (κ1) is 25.9. The second kappa shape index (κ2) is 11.8. The Morgan fingerprint density at radius 3 is 2.70 bits per heavy atom. The summed E-state index contributed by atoms with van der Waals surface area (Å²) in [4.78, 5) is 31.4. The van der Waals surface area contributed by atoms with E-state index in [1.54, 1.807) is 35.0 Å². The fourth-order valence-corrected chi connectivity index (χ4v) is 5.23. The van der Waals surface area contributed by atoms with E-state index in [0.717, 1.165) is 29.9 Å². The van der Waals surface area contributed by atoms with E-state index in [4.69, 9.17) is 14.1 Å². The summed E-state index contributed by atoms with van der Waals surface area (Å²) in [6, 6.07) is 12.6. The van der Waals surface area contributed by atoms with Crippen LogP contribution in [0.5, 0.6) is 0 Å². The number of carbonyl (C=O) groups is 1. The molecule has 4 aromatic rings. The minimum absolute atomic E-state index is 0.000443. The van der Waals surface area contributed by atoms with Crippen LogP contribution < -0.4 is 9.80 Å². The van der Waals surface area contributed by atoms with Gasteiger partial charge >= 0.3 is 0 Å². The molecule has 0 saturated carbocycles. The summed E-state index contributed by atoms with van der Waals surface area (Å²) in [6.45, 7) is 3.69. The van der Waals surface area contributed by atoms with Crippen LogP contribution in [-0.2, 0) is 23.1 Å². The third-order valence-corrected chi connectivity index (χ3v) is 7.47. The molecule has 0 N–H and O–H groups in total. The second-order valence-electron chi connectivity index (χ2n) is 10.2. The number of hydrogen-bond donors (Lipinski definition) is 0. The van der Waals surface area contributed by atoms with Crippen LogP contribution in [0.2, 0.25) is 0 Å². The number of hydrogen-bond acceptors (Lipinski definition) is 8. The van der Waals surface area contributed by atoms with Gasteiger partial charge in [-0.05, 0) is 55.5 Å². The lowest BCUT2D eigenvalue weighted by Gasteiger charge is -2.27. The third kappa shape index (κ3) is 5.81. The number of aromatic nitrogens is 5. The molecule has 5 heterocycles. The van der Waals surface area contributed by atoms with Crippen molar-refractivity contribution in [2.75, 3.05) is 36.1 Å². The summed E-state index contributed by atoms with van der Waals surface area (Å²) in [5.74, 6) is 1.28. The maximum Gasteiger partial charge on any atom is 0.252 e. The predicted octanol–water partition coefficient (Wildman–Crippen LogP) is 4.60. The molecule has 0 unspecified atom stereocenters. The van der Waals surface area contributed by atoms with Crippen LogP contribution in [0, 0.1) is 5.92 Å². The molecule has 10 heteroatoms. The monoisotopic (exact) mass is 539 g/mol. The Hall–Kier alpha value is -4.31. The highest BCUT2D eigenvalue weighted by atomic mass is 16.5. The number of rotatable bonds is 8. The molecule has 2 saturated heterocycles. The highest BCUT2D eigenvalue weighted by molar-refractivity contribution is 5.93. The van der Waals surface area contributed by atoms with E-state index in [-0.39, 0.29) is 11.8 Å². The van der Waals surface area contributed by atoms with Gasteiger partial charge in [-0.15, -0.1) is 5.10 Å². The molecule has 0 aliphatic carbocycles. The summed E-state index contributed by atoms with van der Waals surface area (Å²) in [5, 5.41) is 4.59. The molecule has 0 bridgehead atoms. The van der Waals surface area contributed by atoms with Crippen molar-refractivity contribution in [3.8, 4) is 11.3 Å². The highest BCUT2D eigenvalue weighted by Gasteiger charge is 2.30. The van der Waals surface area contributed by atoms with Crippen molar-refractivity contribution < 1.29 is 13.9 Å². The van der Waals surface area contributed by atoms with Gasteiger partial charge in [0.2, 0.25) is 11.8 Å². The lowest BCUT2D eigenvalue weighted by Crippen LogP contribution is -2.39. The molecule has 40 heavy (non-hydrogen) atoms. The van der Waals surface area contributed by atoms with Crippen LogP contribution in [-0.4, -0.2) is 56.9 Å². The molecular weight excluding hydrogens is 506 g/mol. The van der Waals surface area contributed by atoms with Crippen LogP contribution in [0.4, 0.5) is 11.6 Å². The van der Waals surface area contributed by atoms with Crippen molar-refractivity contribution in [3.05, 3.63) is 72.3 Å². The van der Waals surface area contributed by atoms with Gasteiger partial charge in [0.1, 0.15) is 6.26 Å². The van der Waals surface area contributed by atoms with Crippen molar-refractivity contribution in [3.63, 3.8) is 0 Å². The Bertz CT molecular complexity index is 1450. The summed E-state index contributed by atoms with van der Waals surface area (Å²) in [6.07, 6.45) is 12.3. The van der Waals surface area contributed by atoms with Gasteiger partial charge in [0, 0.05) is 62.8 Å². The summed E-state index contributed by atoms with van der Waals surface area (Å²) < 4.78 is 12.4. The minimum atomic E-state index is -0.135. The number of carbonyl (C=O) groups excluding carboxylic acids is 1. The summed E-state index contributed by atoms with van der Waals surface area (Å²) in [5.41, 5.74) is 4.13. The number of benzene rings is 1. The number of oxazole rings is 1. The fourth-order valence-electron chi connectivity index (χ4n) is 5.23. The lowest BCUT2D eigenvalue weighted by molar-refractivity contribution is -0.125. The number of anilines is 2. The van der Waals surface area contributed by atoms with Crippen LogP contribution in [0.1, 0.15) is 43.0 Å². The normalized spacial score (nSPS) is 16.2. The molecule has 10 nitrogen and oxygen atoms in total. The minimum Gasteiger partial charge on any atom is -0.445 e. The molecule has 2 aliphatic heterocycles. The quantitative estimate of drug-likeness (QED) is 0.320. The number of nitrogens with zero attached hydrogens (tertiary/aromatic N) is 7. The van der Waals surface area contributed by atoms with E-state index in [0.29, 0.717) is 50.3 Å². The predicted molar refractivity (Wildman–Crippen MR) is 152 cm³/mol. The van der Waals surface area contributed by atoms with E-state index >= 15 is 0 Å². The zero-order valence-electron chi connectivity index (χ0n) is 22.6. The van der Waals surface area contributed by atoms with E-state index in [1.165, 1.54) is 24.8 Å². The average Bonchev–Trinajstić information content (AvgIpc) is 3.79. The van der Waals surface area contributed by atoms with Gasteiger partial charge in [-0.1, -0.05) is 18.2 Å². The van der Waals surface area contributed by atoms with E-state index in [1.807, 2.05) is 18.3 Å². The molecule has 6 rings (SSSR count). The summed E-state index contributed by atoms with van der Waals surface area (Å²) in [7, 11) is 1.80. The van der Waals surface area contributed by atoms with Crippen molar-refractivity contribution in [2.24, 2.45) is 13.0 Å². The molecule has 2 fully saturated rings. The van der Waals surface area contributed by atoms with Gasteiger partial charge < -0.3 is 14.1 Å². The van der Waals surface area contributed by atoms with Crippen LogP contribution in [0.25, 0.3) is 23.4 Å². The van der Waals surface area contributed by atoms with Crippen LogP contribution >= 0.6 is 0 Å². The van der Waals surface area contributed by atoms with Crippen molar-refractivity contribution in [1.82, 2.24) is 24.7 Å². The molecule has 3 aromatic heterocycles. The molecule has 0 spiro atoms. The van der Waals surface area contributed by atoms with Gasteiger partial charge in [0.05, 0.1) is 18.4 Å². The Balaban J connectivity index is 1.24. The summed E-state index contributed by atoms with van der Waals surface area (Å²) >= 11 is 0. The van der Waals surface area contributed by atoms with Gasteiger partial charge in [-0.25, -0.2) is 9.67 Å². The van der Waals surface area contributed by atoms with E-state index < -0.39 is 0 Å². The van der Waals surface area contributed by atoms with Gasteiger partial charge in [-0.3, -0.25) is 14.7 Å². The third-order valence-electron chi connectivity index (χ3n) is 7.47. The fraction of sp³-hybridized carbons (Fsp3) is 0.367. The maximum absolute atomic E-state index is 13.7. The Morgan fingerprint density at radius 2 is 1.95 bits per heavy atom. The topological polar surface area (TPSA) is 102 Å².